The van der Waals surface area contributed by atoms with E-state index in [-0.39, 0.29) is 0 Å². The van der Waals surface area contributed by atoms with Crippen LogP contribution in [0.2, 0.25) is 0 Å². The molecule has 1 saturated carbocycles. The maximum absolute atomic E-state index is 13.1. The van der Waals surface area contributed by atoms with E-state index in [0.29, 0.717) is 24.2 Å². The van der Waals surface area contributed by atoms with Crippen LogP contribution in [0.1, 0.15) is 24.0 Å². The Kier molecular flexibility index (Phi) is 2.95. The first-order valence-corrected chi connectivity index (χ1v) is 5.93. The number of hydrogen-bond acceptors (Lipinski definition) is 1. The molecule has 0 aromatic heterocycles. The van der Waals surface area contributed by atoms with E-state index in [9.17, 15) is 8.78 Å². The van der Waals surface area contributed by atoms with Crippen LogP contribution in [0.25, 0.3) is 0 Å². The van der Waals surface area contributed by atoms with E-state index in [1.165, 1.54) is 7.11 Å². The summed E-state index contributed by atoms with van der Waals surface area (Å²) in [6, 6.07) is 3.63. The minimum absolute atomic E-state index is 0.539. The molecule has 2 rings (SSSR count). The Bertz CT molecular complexity index is 414. The van der Waals surface area contributed by atoms with Gasteiger partial charge in [0.25, 0.3) is 0 Å². The molecule has 1 fully saturated rings. The molecule has 0 bridgehead atoms. The van der Waals surface area contributed by atoms with Gasteiger partial charge in [-0.05, 0) is 37.5 Å². The second-order valence-electron chi connectivity index (χ2n) is 4.26. The Morgan fingerprint density at radius 2 is 2.00 bits per heavy atom. The van der Waals surface area contributed by atoms with E-state index in [0.717, 1.165) is 10.0 Å². The molecule has 0 spiro atoms. The summed E-state index contributed by atoms with van der Waals surface area (Å²) < 4.78 is 32.2. The molecule has 0 radical (unpaired) electrons. The number of methoxy groups -OCH3 is 1. The van der Waals surface area contributed by atoms with Gasteiger partial charge in [-0.1, -0.05) is 15.9 Å². The van der Waals surface area contributed by atoms with Crippen molar-refractivity contribution in [3.63, 3.8) is 0 Å². The second-order valence-corrected chi connectivity index (χ2v) is 5.18. The van der Waals surface area contributed by atoms with Crippen LogP contribution in [-0.4, -0.2) is 13.5 Å². The van der Waals surface area contributed by atoms with E-state index in [1.54, 1.807) is 6.07 Å². The van der Waals surface area contributed by atoms with Crippen LogP contribution >= 0.6 is 15.9 Å². The molecule has 0 aliphatic heterocycles. The van der Waals surface area contributed by atoms with Gasteiger partial charge in [0.15, 0.2) is 0 Å². The molecular weight excluding hydrogens is 278 g/mol. The van der Waals surface area contributed by atoms with E-state index < -0.39 is 11.8 Å². The maximum Gasteiger partial charge on any atom is 0.248 e. The molecule has 0 heterocycles. The molecule has 4 heteroatoms. The lowest BCUT2D eigenvalue weighted by atomic mass is 9.93. The summed E-state index contributed by atoms with van der Waals surface area (Å²) >= 11 is 3.35. The first-order valence-electron chi connectivity index (χ1n) is 5.14. The van der Waals surface area contributed by atoms with E-state index in [1.807, 2.05) is 13.0 Å². The van der Waals surface area contributed by atoms with Crippen LogP contribution in [-0.2, 0) is 5.41 Å². The van der Waals surface area contributed by atoms with Crippen LogP contribution in [0.4, 0.5) is 8.78 Å². The van der Waals surface area contributed by atoms with Gasteiger partial charge in [-0.25, -0.2) is 8.78 Å². The molecule has 1 aromatic carbocycles. The SMILES string of the molecule is COc1c(C)cc(Br)cc1C1(C(F)F)CC1. The molecule has 0 unspecified atom stereocenters. The molecular formula is C12H13BrF2O. The molecule has 0 saturated heterocycles. The Balaban J connectivity index is 2.55. The van der Waals surface area contributed by atoms with E-state index >= 15 is 0 Å². The lowest BCUT2D eigenvalue weighted by Gasteiger charge is -2.20. The number of alkyl halides is 2. The molecule has 1 aliphatic carbocycles. The van der Waals surface area contributed by atoms with Gasteiger partial charge >= 0.3 is 0 Å². The molecule has 1 aliphatic rings. The quantitative estimate of drug-likeness (QED) is 0.816. The average Bonchev–Trinajstić information content (AvgIpc) is 2.97. The van der Waals surface area contributed by atoms with Gasteiger partial charge in [-0.3, -0.25) is 0 Å². The molecule has 0 N–H and O–H groups in total. The molecule has 0 amide bonds. The average molecular weight is 291 g/mol. The van der Waals surface area contributed by atoms with Crippen molar-refractivity contribution in [1.29, 1.82) is 0 Å². The highest BCUT2D eigenvalue weighted by molar-refractivity contribution is 9.10. The van der Waals surface area contributed by atoms with Gasteiger partial charge in [0.2, 0.25) is 6.43 Å². The molecule has 0 atom stereocenters. The highest BCUT2D eigenvalue weighted by Crippen LogP contribution is 2.56. The molecule has 16 heavy (non-hydrogen) atoms. The topological polar surface area (TPSA) is 9.23 Å². The Labute approximate surface area is 102 Å². The van der Waals surface area contributed by atoms with Crippen LogP contribution in [0.5, 0.6) is 5.75 Å². The number of rotatable bonds is 3. The van der Waals surface area contributed by atoms with Crippen molar-refractivity contribution >= 4 is 15.9 Å². The largest absolute Gasteiger partial charge is 0.496 e. The van der Waals surface area contributed by atoms with Gasteiger partial charge in [-0.15, -0.1) is 0 Å². The van der Waals surface area contributed by atoms with Gasteiger partial charge in [0.1, 0.15) is 5.75 Å². The summed E-state index contributed by atoms with van der Waals surface area (Å²) in [5, 5.41) is 0. The van der Waals surface area contributed by atoms with Crippen LogP contribution in [0, 0.1) is 6.92 Å². The molecule has 1 nitrogen and oxygen atoms in total. The Morgan fingerprint density at radius 3 is 2.44 bits per heavy atom. The van der Waals surface area contributed by atoms with Gasteiger partial charge in [0, 0.05) is 10.0 Å². The number of ether oxygens (including phenoxy) is 1. The summed E-state index contributed by atoms with van der Waals surface area (Å²) in [5.41, 5.74) is 0.551. The van der Waals surface area contributed by atoms with Gasteiger partial charge in [0.05, 0.1) is 12.5 Å². The summed E-state index contributed by atoms with van der Waals surface area (Å²) in [4.78, 5) is 0. The maximum atomic E-state index is 13.1. The van der Waals surface area contributed by atoms with Crippen molar-refractivity contribution < 1.29 is 13.5 Å². The fourth-order valence-corrected chi connectivity index (χ4v) is 2.68. The first-order chi connectivity index (χ1) is 7.51. The molecule has 1 aromatic rings. The zero-order valence-electron chi connectivity index (χ0n) is 9.19. The number of halogens is 3. The zero-order valence-corrected chi connectivity index (χ0v) is 10.8. The highest BCUT2D eigenvalue weighted by Gasteiger charge is 2.54. The monoisotopic (exact) mass is 290 g/mol. The fraction of sp³-hybridized carbons (Fsp3) is 0.500. The van der Waals surface area contributed by atoms with Crippen molar-refractivity contribution in [2.75, 3.05) is 7.11 Å². The predicted octanol–water partition coefficient (Wildman–Crippen LogP) is 4.06. The minimum Gasteiger partial charge on any atom is -0.496 e. The number of aryl methyl sites for hydroxylation is 1. The van der Waals surface area contributed by atoms with E-state index in [4.69, 9.17) is 4.74 Å². The summed E-state index contributed by atoms with van der Waals surface area (Å²) in [5.74, 6) is 0.598. The van der Waals surface area contributed by atoms with Crippen molar-refractivity contribution in [3.05, 3.63) is 27.7 Å². The van der Waals surface area contributed by atoms with Crippen molar-refractivity contribution in [1.82, 2.24) is 0 Å². The van der Waals surface area contributed by atoms with Gasteiger partial charge < -0.3 is 4.74 Å². The molecule has 88 valence electrons. The summed E-state index contributed by atoms with van der Waals surface area (Å²) in [6.45, 7) is 1.87. The predicted molar refractivity (Wildman–Crippen MR) is 62.3 cm³/mol. The number of benzene rings is 1. The van der Waals surface area contributed by atoms with Crippen molar-refractivity contribution in [2.45, 2.75) is 31.6 Å². The van der Waals surface area contributed by atoms with Gasteiger partial charge in [-0.2, -0.15) is 0 Å². The smallest absolute Gasteiger partial charge is 0.248 e. The Hall–Kier alpha value is -0.640. The third-order valence-corrected chi connectivity index (χ3v) is 3.64. The lowest BCUT2D eigenvalue weighted by Crippen LogP contribution is -2.18. The minimum atomic E-state index is -2.32. The van der Waals surface area contributed by atoms with E-state index in [2.05, 4.69) is 15.9 Å². The van der Waals surface area contributed by atoms with Crippen LogP contribution < -0.4 is 4.74 Å². The second kappa shape index (κ2) is 3.99. The fourth-order valence-electron chi connectivity index (χ4n) is 2.11. The lowest BCUT2D eigenvalue weighted by molar-refractivity contribution is 0.100. The third-order valence-electron chi connectivity index (χ3n) is 3.19. The van der Waals surface area contributed by atoms with Crippen molar-refractivity contribution in [3.8, 4) is 5.75 Å². The summed E-state index contributed by atoms with van der Waals surface area (Å²) in [6.07, 6.45) is -1.25. The third kappa shape index (κ3) is 1.73. The highest BCUT2D eigenvalue weighted by atomic mass is 79.9. The zero-order chi connectivity index (χ0) is 11.9. The van der Waals surface area contributed by atoms with Crippen molar-refractivity contribution in [2.24, 2.45) is 0 Å². The first kappa shape index (κ1) is 11.8. The Morgan fingerprint density at radius 1 is 1.38 bits per heavy atom. The number of hydrogen-bond donors (Lipinski definition) is 0. The normalized spacial score (nSPS) is 17.6. The summed E-state index contributed by atoms with van der Waals surface area (Å²) in [7, 11) is 1.53. The van der Waals surface area contributed by atoms with Crippen LogP contribution in [0.15, 0.2) is 16.6 Å². The standard InChI is InChI=1S/C12H13BrF2O/c1-7-5-8(13)6-9(10(7)16-2)12(3-4-12)11(14)15/h5-6,11H,3-4H2,1-2H3. The van der Waals surface area contributed by atoms with Crippen LogP contribution in [0.3, 0.4) is 0 Å².